The molecule has 2 N–H and O–H groups in total. The van der Waals surface area contributed by atoms with Gasteiger partial charge in [0.2, 0.25) is 0 Å². The summed E-state index contributed by atoms with van der Waals surface area (Å²) in [6, 6.07) is 20.8. The van der Waals surface area contributed by atoms with Crippen LogP contribution in [0.3, 0.4) is 0 Å². The third kappa shape index (κ3) is 5.48. The van der Waals surface area contributed by atoms with Gasteiger partial charge in [-0.05, 0) is 6.42 Å². The van der Waals surface area contributed by atoms with Crippen molar-refractivity contribution in [2.75, 3.05) is 33.9 Å². The van der Waals surface area contributed by atoms with Gasteiger partial charge in [0.05, 0.1) is 7.05 Å². The summed E-state index contributed by atoms with van der Waals surface area (Å²) in [5.41, 5.74) is 2.43. The van der Waals surface area contributed by atoms with Crippen LogP contribution in [0.4, 0.5) is 0 Å². The largest absolute Gasteiger partial charge is 0.385 e. The number of carbonyl (C=O) groups excluding carboxylic acids is 1. The first-order valence-electron chi connectivity index (χ1n) is 8.40. The molecule has 0 aromatic heterocycles. The van der Waals surface area contributed by atoms with Crippen LogP contribution in [0.15, 0.2) is 60.7 Å². The lowest BCUT2D eigenvalue weighted by atomic mass is 9.97. The average Bonchev–Trinajstić information content (AvgIpc) is 2.61. The maximum atomic E-state index is 12.2. The highest BCUT2D eigenvalue weighted by Crippen LogP contribution is 2.18. The molecule has 0 heterocycles. The molecule has 24 heavy (non-hydrogen) atoms. The van der Waals surface area contributed by atoms with E-state index in [0.29, 0.717) is 19.7 Å². The van der Waals surface area contributed by atoms with E-state index in [4.69, 9.17) is 4.74 Å². The maximum absolute atomic E-state index is 12.2. The molecule has 2 aromatic rings. The lowest BCUT2D eigenvalue weighted by Gasteiger charge is -2.25. The zero-order chi connectivity index (χ0) is 17.2. The summed E-state index contributed by atoms with van der Waals surface area (Å²) >= 11 is 0. The minimum absolute atomic E-state index is 0.0699. The Hall–Kier alpha value is -2.17. The van der Waals surface area contributed by atoms with Crippen LogP contribution < -0.4 is 10.2 Å². The summed E-state index contributed by atoms with van der Waals surface area (Å²) in [4.78, 5) is 13.4. The van der Waals surface area contributed by atoms with Crippen molar-refractivity contribution < 1.29 is 14.4 Å². The molecular formula is C20H27N2O2+. The zero-order valence-electron chi connectivity index (χ0n) is 14.5. The SMILES string of the molecule is COCCCNC(=O)C[NH+](C)C(c1ccccc1)c1ccccc1. The molecule has 0 aliphatic rings. The topological polar surface area (TPSA) is 42.8 Å². The van der Waals surface area contributed by atoms with Crippen LogP contribution in [-0.4, -0.2) is 39.8 Å². The van der Waals surface area contributed by atoms with Gasteiger partial charge < -0.3 is 15.0 Å². The number of hydrogen-bond donors (Lipinski definition) is 2. The predicted molar refractivity (Wildman–Crippen MR) is 96.0 cm³/mol. The maximum Gasteiger partial charge on any atom is 0.275 e. The number of nitrogens with one attached hydrogen (secondary N) is 2. The van der Waals surface area contributed by atoms with E-state index < -0.39 is 0 Å². The van der Waals surface area contributed by atoms with Crippen LogP contribution in [0.1, 0.15) is 23.6 Å². The highest BCUT2D eigenvalue weighted by Gasteiger charge is 2.24. The smallest absolute Gasteiger partial charge is 0.275 e. The highest BCUT2D eigenvalue weighted by atomic mass is 16.5. The lowest BCUT2D eigenvalue weighted by Crippen LogP contribution is -3.10. The molecule has 0 saturated carbocycles. The van der Waals surface area contributed by atoms with Gasteiger partial charge in [-0.1, -0.05) is 60.7 Å². The van der Waals surface area contributed by atoms with Gasteiger partial charge in [0.25, 0.3) is 5.91 Å². The van der Waals surface area contributed by atoms with Gasteiger partial charge in [-0.25, -0.2) is 0 Å². The summed E-state index contributed by atoms with van der Waals surface area (Å²) in [5.74, 6) is 0.0699. The number of quaternary nitrogens is 1. The van der Waals surface area contributed by atoms with E-state index in [0.717, 1.165) is 11.3 Å². The second-order valence-electron chi connectivity index (χ2n) is 5.97. The Morgan fingerprint density at radius 1 is 1.04 bits per heavy atom. The molecule has 0 saturated heterocycles. The van der Waals surface area contributed by atoms with E-state index in [1.165, 1.54) is 11.1 Å². The first-order chi connectivity index (χ1) is 11.7. The summed E-state index contributed by atoms with van der Waals surface area (Å²) in [6.45, 7) is 1.75. The van der Waals surface area contributed by atoms with Crippen LogP contribution in [0.5, 0.6) is 0 Å². The van der Waals surface area contributed by atoms with Gasteiger partial charge in [0.1, 0.15) is 6.04 Å². The van der Waals surface area contributed by atoms with Crippen molar-refractivity contribution in [2.45, 2.75) is 12.5 Å². The van der Waals surface area contributed by atoms with Crippen molar-refractivity contribution in [1.29, 1.82) is 0 Å². The van der Waals surface area contributed by atoms with E-state index in [-0.39, 0.29) is 11.9 Å². The summed E-state index contributed by atoms with van der Waals surface area (Å²) in [5, 5.41) is 2.97. The van der Waals surface area contributed by atoms with Gasteiger partial charge in [-0.15, -0.1) is 0 Å². The van der Waals surface area contributed by atoms with Crippen LogP contribution >= 0.6 is 0 Å². The molecule has 4 heteroatoms. The Morgan fingerprint density at radius 3 is 2.08 bits per heavy atom. The van der Waals surface area contributed by atoms with E-state index >= 15 is 0 Å². The Kier molecular flexibility index (Phi) is 7.46. The minimum Gasteiger partial charge on any atom is -0.385 e. The molecule has 1 unspecified atom stereocenters. The molecule has 0 radical (unpaired) electrons. The van der Waals surface area contributed by atoms with Gasteiger partial charge in [0.15, 0.2) is 6.54 Å². The fraction of sp³-hybridized carbons (Fsp3) is 0.350. The Labute approximate surface area is 144 Å². The normalized spacial score (nSPS) is 12.1. The quantitative estimate of drug-likeness (QED) is 0.685. The molecule has 4 nitrogen and oxygen atoms in total. The molecule has 0 bridgehead atoms. The van der Waals surface area contributed by atoms with E-state index in [1.807, 2.05) is 36.4 Å². The van der Waals surface area contributed by atoms with Crippen LogP contribution in [0.2, 0.25) is 0 Å². The molecule has 0 aliphatic carbocycles. The standard InChI is InChI=1S/C20H26N2O2/c1-22(16-19(23)21-14-9-15-24-2)20(17-10-5-3-6-11-17)18-12-7-4-8-13-18/h3-8,10-13,20H,9,14-16H2,1-2H3,(H,21,23)/p+1. The Balaban J connectivity index is 2.06. The molecule has 0 spiro atoms. The molecule has 2 rings (SSSR count). The number of carbonyl (C=O) groups is 1. The molecular weight excluding hydrogens is 300 g/mol. The van der Waals surface area contributed by atoms with Crippen molar-refractivity contribution in [3.05, 3.63) is 71.8 Å². The van der Waals surface area contributed by atoms with Crippen molar-refractivity contribution in [3.63, 3.8) is 0 Å². The third-order valence-electron chi connectivity index (χ3n) is 4.05. The van der Waals surface area contributed by atoms with Crippen LogP contribution in [0, 0.1) is 0 Å². The van der Waals surface area contributed by atoms with Crippen LogP contribution in [0.25, 0.3) is 0 Å². The fourth-order valence-corrected chi connectivity index (χ4v) is 2.91. The Morgan fingerprint density at radius 2 is 1.58 bits per heavy atom. The molecule has 0 fully saturated rings. The fourth-order valence-electron chi connectivity index (χ4n) is 2.91. The number of ether oxygens (including phenoxy) is 1. The van der Waals surface area contributed by atoms with Gasteiger partial charge >= 0.3 is 0 Å². The predicted octanol–water partition coefficient (Wildman–Crippen LogP) is 1.44. The van der Waals surface area contributed by atoms with Crippen molar-refractivity contribution in [1.82, 2.24) is 5.32 Å². The second kappa shape index (κ2) is 9.85. The molecule has 0 aliphatic heterocycles. The number of likely N-dealkylation sites (N-methyl/N-ethyl adjacent to an activating group) is 1. The van der Waals surface area contributed by atoms with Crippen molar-refractivity contribution in [2.24, 2.45) is 0 Å². The van der Waals surface area contributed by atoms with Gasteiger partial charge in [-0.2, -0.15) is 0 Å². The second-order valence-corrected chi connectivity index (χ2v) is 5.97. The number of amides is 1. The number of methoxy groups -OCH3 is 1. The third-order valence-corrected chi connectivity index (χ3v) is 4.05. The molecule has 128 valence electrons. The number of rotatable bonds is 9. The van der Waals surface area contributed by atoms with Crippen molar-refractivity contribution >= 4 is 5.91 Å². The van der Waals surface area contributed by atoms with Crippen LogP contribution in [-0.2, 0) is 9.53 Å². The Bertz CT molecular complexity index is 562. The zero-order valence-corrected chi connectivity index (χ0v) is 14.5. The first-order valence-corrected chi connectivity index (χ1v) is 8.40. The first kappa shape index (κ1) is 18.2. The summed E-state index contributed by atoms with van der Waals surface area (Å²) < 4.78 is 5.00. The average molecular weight is 327 g/mol. The summed E-state index contributed by atoms with van der Waals surface area (Å²) in [7, 11) is 3.74. The number of hydrogen-bond acceptors (Lipinski definition) is 2. The summed E-state index contributed by atoms with van der Waals surface area (Å²) in [6.07, 6.45) is 0.835. The molecule has 1 atom stereocenters. The molecule has 1 amide bonds. The van der Waals surface area contributed by atoms with E-state index in [1.54, 1.807) is 7.11 Å². The molecule has 2 aromatic carbocycles. The van der Waals surface area contributed by atoms with Gasteiger partial charge in [0, 0.05) is 31.4 Å². The van der Waals surface area contributed by atoms with E-state index in [9.17, 15) is 4.79 Å². The van der Waals surface area contributed by atoms with Crippen molar-refractivity contribution in [3.8, 4) is 0 Å². The highest BCUT2D eigenvalue weighted by molar-refractivity contribution is 5.76. The van der Waals surface area contributed by atoms with E-state index in [2.05, 4.69) is 36.6 Å². The minimum atomic E-state index is 0.0699. The number of benzene rings is 2. The lowest BCUT2D eigenvalue weighted by molar-refractivity contribution is -0.898. The monoisotopic (exact) mass is 327 g/mol. The van der Waals surface area contributed by atoms with Gasteiger partial charge in [-0.3, -0.25) is 4.79 Å².